The fourth-order valence-corrected chi connectivity index (χ4v) is 2.88. The van der Waals surface area contributed by atoms with E-state index in [1.807, 2.05) is 36.0 Å². The molecule has 1 aliphatic heterocycles. The van der Waals surface area contributed by atoms with Crippen molar-refractivity contribution in [2.24, 2.45) is 0 Å². The molecule has 1 fully saturated rings. The Morgan fingerprint density at radius 3 is 2.56 bits per heavy atom. The molecule has 16 heavy (non-hydrogen) atoms. The van der Waals surface area contributed by atoms with Gasteiger partial charge in [-0.1, -0.05) is 12.1 Å². The predicted octanol–water partition coefficient (Wildman–Crippen LogP) is 2.97. The van der Waals surface area contributed by atoms with Gasteiger partial charge in [0, 0.05) is 24.2 Å². The Labute approximate surface area is 101 Å². The molecule has 3 heteroatoms. The zero-order valence-electron chi connectivity index (χ0n) is 9.19. The van der Waals surface area contributed by atoms with Crippen LogP contribution in [0.15, 0.2) is 24.3 Å². The lowest BCUT2D eigenvalue weighted by Crippen LogP contribution is -2.17. The molecule has 0 saturated carbocycles. The summed E-state index contributed by atoms with van der Waals surface area (Å²) in [7, 11) is 0. The Kier molecular flexibility index (Phi) is 4.26. The minimum Gasteiger partial charge on any atom is -0.381 e. The summed E-state index contributed by atoms with van der Waals surface area (Å²) in [5, 5.41) is 9.43. The largest absolute Gasteiger partial charge is 0.381 e. The van der Waals surface area contributed by atoms with Crippen LogP contribution in [-0.4, -0.2) is 18.5 Å². The topological polar surface area (TPSA) is 33.0 Å². The van der Waals surface area contributed by atoms with Gasteiger partial charge in [-0.15, -0.1) is 0 Å². The number of rotatable bonds is 3. The summed E-state index contributed by atoms with van der Waals surface area (Å²) in [4.78, 5) is 0. The molecule has 2 rings (SSSR count). The van der Waals surface area contributed by atoms with Gasteiger partial charge >= 0.3 is 0 Å². The van der Waals surface area contributed by atoms with Gasteiger partial charge in [0.1, 0.15) is 0 Å². The first-order chi connectivity index (χ1) is 7.88. The molecule has 0 amide bonds. The fourth-order valence-electron chi connectivity index (χ4n) is 1.73. The summed E-state index contributed by atoms with van der Waals surface area (Å²) in [5.74, 6) is 1.04. The number of nitriles is 1. The highest BCUT2D eigenvalue weighted by atomic mass is 32.2. The second-order valence-corrected chi connectivity index (χ2v) is 5.22. The van der Waals surface area contributed by atoms with E-state index in [2.05, 4.69) is 6.07 Å². The molecule has 1 aromatic rings. The van der Waals surface area contributed by atoms with Crippen molar-refractivity contribution in [2.45, 2.75) is 23.8 Å². The minimum absolute atomic E-state index is 0.736. The number of benzene rings is 1. The third kappa shape index (κ3) is 3.26. The molecule has 0 N–H and O–H groups in total. The second kappa shape index (κ2) is 5.93. The summed E-state index contributed by atoms with van der Waals surface area (Å²) in [6.07, 6.45) is 2.34. The molecule has 1 saturated heterocycles. The lowest BCUT2D eigenvalue weighted by atomic mass is 10.2. The third-order valence-electron chi connectivity index (χ3n) is 2.74. The van der Waals surface area contributed by atoms with Crippen molar-refractivity contribution >= 4 is 11.8 Å². The van der Waals surface area contributed by atoms with Crippen molar-refractivity contribution in [2.75, 3.05) is 13.2 Å². The molecule has 0 aromatic heterocycles. The maximum absolute atomic E-state index is 8.69. The third-order valence-corrected chi connectivity index (χ3v) is 4.18. The summed E-state index contributed by atoms with van der Waals surface area (Å²) in [5.41, 5.74) is 2.04. The Morgan fingerprint density at radius 2 is 1.94 bits per heavy atom. The van der Waals surface area contributed by atoms with Gasteiger partial charge in [0.25, 0.3) is 0 Å². The van der Waals surface area contributed by atoms with Crippen LogP contribution in [-0.2, 0) is 10.5 Å². The van der Waals surface area contributed by atoms with Gasteiger partial charge < -0.3 is 4.74 Å². The van der Waals surface area contributed by atoms with Gasteiger partial charge in [-0.05, 0) is 30.5 Å². The molecule has 0 spiro atoms. The molecule has 1 aliphatic rings. The number of nitrogens with zero attached hydrogens (tertiary/aromatic N) is 1. The Morgan fingerprint density at radius 1 is 1.25 bits per heavy atom. The van der Waals surface area contributed by atoms with Crippen LogP contribution in [0.25, 0.3) is 0 Å². The van der Waals surface area contributed by atoms with Crippen LogP contribution in [0.5, 0.6) is 0 Å². The SMILES string of the molecule is N#Cc1ccc(CSC2CCOCC2)cc1. The van der Waals surface area contributed by atoms with Crippen molar-refractivity contribution in [3.05, 3.63) is 35.4 Å². The molecular formula is C13H15NOS. The molecule has 1 aromatic carbocycles. The van der Waals surface area contributed by atoms with Crippen LogP contribution in [0.2, 0.25) is 0 Å². The lowest BCUT2D eigenvalue weighted by Gasteiger charge is -2.21. The monoisotopic (exact) mass is 233 g/mol. The highest BCUT2D eigenvalue weighted by Crippen LogP contribution is 2.25. The van der Waals surface area contributed by atoms with Crippen LogP contribution in [0.4, 0.5) is 0 Å². The van der Waals surface area contributed by atoms with Crippen molar-refractivity contribution < 1.29 is 4.74 Å². The average Bonchev–Trinajstić information content (AvgIpc) is 2.38. The van der Waals surface area contributed by atoms with Crippen LogP contribution >= 0.6 is 11.8 Å². The maximum atomic E-state index is 8.69. The van der Waals surface area contributed by atoms with E-state index in [1.54, 1.807) is 0 Å². The number of hydrogen-bond donors (Lipinski definition) is 0. The van der Waals surface area contributed by atoms with Crippen molar-refractivity contribution in [3.8, 4) is 6.07 Å². The molecule has 0 radical (unpaired) electrons. The molecule has 1 heterocycles. The molecule has 0 atom stereocenters. The number of hydrogen-bond acceptors (Lipinski definition) is 3. The smallest absolute Gasteiger partial charge is 0.0991 e. The molecule has 0 unspecified atom stereocenters. The van der Waals surface area contributed by atoms with E-state index in [9.17, 15) is 0 Å². The summed E-state index contributed by atoms with van der Waals surface area (Å²) in [6, 6.07) is 10.0. The zero-order chi connectivity index (χ0) is 11.2. The zero-order valence-corrected chi connectivity index (χ0v) is 10.0. The van der Waals surface area contributed by atoms with E-state index in [0.29, 0.717) is 0 Å². The minimum atomic E-state index is 0.736. The van der Waals surface area contributed by atoms with E-state index in [-0.39, 0.29) is 0 Å². The standard InChI is InChI=1S/C13H15NOS/c14-9-11-1-3-12(4-2-11)10-16-13-5-7-15-8-6-13/h1-4,13H,5-8,10H2. The quantitative estimate of drug-likeness (QED) is 0.804. The summed E-state index contributed by atoms with van der Waals surface area (Å²) < 4.78 is 5.33. The van der Waals surface area contributed by atoms with Gasteiger partial charge in [-0.2, -0.15) is 17.0 Å². The lowest BCUT2D eigenvalue weighted by molar-refractivity contribution is 0.1000. The van der Waals surface area contributed by atoms with Crippen molar-refractivity contribution in [1.82, 2.24) is 0 Å². The first-order valence-corrected chi connectivity index (χ1v) is 6.62. The van der Waals surface area contributed by atoms with Crippen molar-refractivity contribution in [3.63, 3.8) is 0 Å². The Hall–Kier alpha value is -0.980. The molecule has 0 aliphatic carbocycles. The summed E-state index contributed by atoms with van der Waals surface area (Å²) in [6.45, 7) is 1.82. The van der Waals surface area contributed by atoms with E-state index in [1.165, 1.54) is 18.4 Å². The number of thioether (sulfide) groups is 1. The Balaban J connectivity index is 1.82. The highest BCUT2D eigenvalue weighted by molar-refractivity contribution is 7.99. The molecule has 0 bridgehead atoms. The second-order valence-electron chi connectivity index (χ2n) is 3.93. The first kappa shape index (κ1) is 11.5. The maximum Gasteiger partial charge on any atom is 0.0991 e. The van der Waals surface area contributed by atoms with E-state index >= 15 is 0 Å². The van der Waals surface area contributed by atoms with Crippen molar-refractivity contribution in [1.29, 1.82) is 5.26 Å². The predicted molar refractivity (Wildman–Crippen MR) is 66.3 cm³/mol. The van der Waals surface area contributed by atoms with Gasteiger partial charge in [-0.3, -0.25) is 0 Å². The Bertz CT molecular complexity index is 363. The first-order valence-electron chi connectivity index (χ1n) is 5.57. The van der Waals surface area contributed by atoms with E-state index in [0.717, 1.165) is 29.8 Å². The van der Waals surface area contributed by atoms with Gasteiger partial charge in [0.2, 0.25) is 0 Å². The summed E-state index contributed by atoms with van der Waals surface area (Å²) >= 11 is 2.00. The van der Waals surface area contributed by atoms with Gasteiger partial charge in [-0.25, -0.2) is 0 Å². The van der Waals surface area contributed by atoms with E-state index < -0.39 is 0 Å². The molecular weight excluding hydrogens is 218 g/mol. The fraction of sp³-hybridized carbons (Fsp3) is 0.462. The molecule has 2 nitrogen and oxygen atoms in total. The highest BCUT2D eigenvalue weighted by Gasteiger charge is 2.13. The normalized spacial score (nSPS) is 16.9. The number of ether oxygens (including phenoxy) is 1. The average molecular weight is 233 g/mol. The van der Waals surface area contributed by atoms with Crippen LogP contribution in [0, 0.1) is 11.3 Å². The van der Waals surface area contributed by atoms with Crippen LogP contribution in [0.3, 0.4) is 0 Å². The molecule has 84 valence electrons. The van der Waals surface area contributed by atoms with E-state index in [4.69, 9.17) is 10.00 Å². The van der Waals surface area contributed by atoms with Gasteiger partial charge in [0.15, 0.2) is 0 Å². The van der Waals surface area contributed by atoms with Gasteiger partial charge in [0.05, 0.1) is 11.6 Å². The van der Waals surface area contributed by atoms with Crippen LogP contribution in [0.1, 0.15) is 24.0 Å². The van der Waals surface area contributed by atoms with Crippen LogP contribution < -0.4 is 0 Å².